The summed E-state index contributed by atoms with van der Waals surface area (Å²) in [6.45, 7) is 1.88. The van der Waals surface area contributed by atoms with Gasteiger partial charge in [0, 0.05) is 11.3 Å². The standard InChI is InChI=1S/C12H11N3O/c1-8-12(15-11(7-13)14-8)9-5-3-4-6-10(9)16-2/h3-6H,1-2H3,(H,14,15). The average Bonchev–Trinajstić information content (AvgIpc) is 2.70. The Balaban J connectivity index is 2.58. The highest BCUT2D eigenvalue weighted by atomic mass is 16.5. The van der Waals surface area contributed by atoms with Crippen LogP contribution in [0.4, 0.5) is 0 Å². The van der Waals surface area contributed by atoms with Crippen LogP contribution in [0.25, 0.3) is 11.3 Å². The van der Waals surface area contributed by atoms with E-state index in [1.807, 2.05) is 37.3 Å². The molecule has 0 unspecified atom stereocenters. The first kappa shape index (κ1) is 10.2. The lowest BCUT2D eigenvalue weighted by Crippen LogP contribution is -1.88. The molecule has 4 nitrogen and oxygen atoms in total. The predicted molar refractivity (Wildman–Crippen MR) is 60.0 cm³/mol. The van der Waals surface area contributed by atoms with Crippen molar-refractivity contribution < 1.29 is 4.74 Å². The number of aromatic amines is 1. The molecule has 1 N–H and O–H groups in total. The number of aryl methyl sites for hydroxylation is 1. The molecular weight excluding hydrogens is 202 g/mol. The van der Waals surface area contributed by atoms with E-state index in [9.17, 15) is 0 Å². The number of aromatic nitrogens is 2. The Morgan fingerprint density at radius 2 is 2.12 bits per heavy atom. The highest BCUT2D eigenvalue weighted by molar-refractivity contribution is 5.69. The number of H-pyrrole nitrogens is 1. The summed E-state index contributed by atoms with van der Waals surface area (Å²) in [7, 11) is 1.62. The molecule has 0 atom stereocenters. The molecule has 0 aliphatic heterocycles. The van der Waals surface area contributed by atoms with Gasteiger partial charge in [0.2, 0.25) is 5.82 Å². The van der Waals surface area contributed by atoms with E-state index in [1.165, 1.54) is 0 Å². The fraction of sp³-hybridized carbons (Fsp3) is 0.167. The van der Waals surface area contributed by atoms with Crippen LogP contribution >= 0.6 is 0 Å². The number of nitrogens with zero attached hydrogens (tertiary/aromatic N) is 2. The van der Waals surface area contributed by atoms with E-state index >= 15 is 0 Å². The molecule has 1 aromatic carbocycles. The average molecular weight is 213 g/mol. The summed E-state index contributed by atoms with van der Waals surface area (Å²) in [6.07, 6.45) is 0. The van der Waals surface area contributed by atoms with Crippen LogP contribution in [0.3, 0.4) is 0 Å². The lowest BCUT2D eigenvalue weighted by Gasteiger charge is -2.05. The third kappa shape index (κ3) is 1.63. The van der Waals surface area contributed by atoms with Gasteiger partial charge < -0.3 is 9.72 Å². The number of ether oxygens (including phenoxy) is 1. The van der Waals surface area contributed by atoms with Gasteiger partial charge in [-0.25, -0.2) is 4.98 Å². The van der Waals surface area contributed by atoms with Gasteiger partial charge in [0.25, 0.3) is 0 Å². The number of nitriles is 1. The van der Waals surface area contributed by atoms with Crippen molar-refractivity contribution in [1.29, 1.82) is 5.26 Å². The van der Waals surface area contributed by atoms with E-state index in [4.69, 9.17) is 10.00 Å². The topological polar surface area (TPSA) is 61.7 Å². The third-order valence-electron chi connectivity index (χ3n) is 2.35. The quantitative estimate of drug-likeness (QED) is 0.832. The van der Waals surface area contributed by atoms with Gasteiger partial charge in [-0.2, -0.15) is 5.26 Å². The van der Waals surface area contributed by atoms with Gasteiger partial charge in [-0.05, 0) is 19.1 Å². The summed E-state index contributed by atoms with van der Waals surface area (Å²) >= 11 is 0. The molecule has 0 saturated carbocycles. The van der Waals surface area contributed by atoms with Gasteiger partial charge in [-0.15, -0.1) is 0 Å². The lowest BCUT2D eigenvalue weighted by molar-refractivity contribution is 0.416. The number of nitrogens with one attached hydrogen (secondary N) is 1. The Kier molecular flexibility index (Phi) is 2.61. The van der Waals surface area contributed by atoms with Crippen molar-refractivity contribution in [3.05, 3.63) is 35.8 Å². The number of para-hydroxylation sites is 1. The molecule has 4 heteroatoms. The summed E-state index contributed by atoms with van der Waals surface area (Å²) in [5.74, 6) is 1.07. The van der Waals surface area contributed by atoms with E-state index in [0.717, 1.165) is 22.7 Å². The Labute approximate surface area is 93.5 Å². The summed E-state index contributed by atoms with van der Waals surface area (Å²) in [5, 5.41) is 8.77. The van der Waals surface area contributed by atoms with Gasteiger partial charge in [0.15, 0.2) is 0 Å². The molecule has 0 bridgehead atoms. The molecule has 0 amide bonds. The minimum atomic E-state index is 0.318. The second kappa shape index (κ2) is 4.07. The van der Waals surface area contributed by atoms with Crippen LogP contribution in [0.2, 0.25) is 0 Å². The molecule has 2 rings (SSSR count). The fourth-order valence-electron chi connectivity index (χ4n) is 1.62. The maximum atomic E-state index is 8.77. The van der Waals surface area contributed by atoms with Crippen LogP contribution in [-0.4, -0.2) is 17.1 Å². The maximum absolute atomic E-state index is 8.77. The Hall–Kier alpha value is -2.28. The van der Waals surface area contributed by atoms with Crippen molar-refractivity contribution in [3.63, 3.8) is 0 Å². The molecule has 80 valence electrons. The summed E-state index contributed by atoms with van der Waals surface area (Å²) in [6, 6.07) is 9.59. The second-order valence-corrected chi connectivity index (χ2v) is 3.37. The van der Waals surface area contributed by atoms with Gasteiger partial charge >= 0.3 is 0 Å². The molecule has 0 saturated heterocycles. The van der Waals surface area contributed by atoms with E-state index in [1.54, 1.807) is 7.11 Å². The van der Waals surface area contributed by atoms with E-state index in [-0.39, 0.29) is 0 Å². The number of hydrogen-bond donors (Lipinski definition) is 1. The summed E-state index contributed by atoms with van der Waals surface area (Å²) in [4.78, 5) is 7.13. The van der Waals surface area contributed by atoms with Gasteiger partial charge in [-0.3, -0.25) is 0 Å². The maximum Gasteiger partial charge on any atom is 0.210 e. The molecule has 1 aromatic heterocycles. The zero-order valence-corrected chi connectivity index (χ0v) is 9.11. The second-order valence-electron chi connectivity index (χ2n) is 3.37. The van der Waals surface area contributed by atoms with Crippen molar-refractivity contribution in [2.75, 3.05) is 7.11 Å². The monoisotopic (exact) mass is 213 g/mol. The zero-order chi connectivity index (χ0) is 11.5. The number of benzene rings is 1. The fourth-order valence-corrected chi connectivity index (χ4v) is 1.62. The predicted octanol–water partition coefficient (Wildman–Crippen LogP) is 2.27. The van der Waals surface area contributed by atoms with E-state index in [2.05, 4.69) is 9.97 Å². The highest BCUT2D eigenvalue weighted by Crippen LogP contribution is 2.30. The van der Waals surface area contributed by atoms with E-state index in [0.29, 0.717) is 5.82 Å². The molecule has 16 heavy (non-hydrogen) atoms. The molecule has 0 aliphatic carbocycles. The molecule has 0 spiro atoms. The summed E-state index contributed by atoms with van der Waals surface area (Å²) in [5.41, 5.74) is 2.51. The van der Waals surface area contributed by atoms with Gasteiger partial charge in [0.1, 0.15) is 11.8 Å². The van der Waals surface area contributed by atoms with Crippen LogP contribution in [-0.2, 0) is 0 Å². The minimum absolute atomic E-state index is 0.318. The van der Waals surface area contributed by atoms with Gasteiger partial charge in [-0.1, -0.05) is 12.1 Å². The molecule has 0 radical (unpaired) electrons. The van der Waals surface area contributed by atoms with Crippen LogP contribution < -0.4 is 4.74 Å². The van der Waals surface area contributed by atoms with Crippen molar-refractivity contribution in [2.24, 2.45) is 0 Å². The van der Waals surface area contributed by atoms with Crippen LogP contribution in [0.15, 0.2) is 24.3 Å². The SMILES string of the molecule is COc1ccccc1-c1nc(C#N)[nH]c1C. The third-order valence-corrected chi connectivity index (χ3v) is 2.35. The van der Waals surface area contributed by atoms with Gasteiger partial charge in [0.05, 0.1) is 12.8 Å². The van der Waals surface area contributed by atoms with Crippen molar-refractivity contribution in [2.45, 2.75) is 6.92 Å². The Bertz CT molecular complexity index is 552. The van der Waals surface area contributed by atoms with Crippen LogP contribution in [0, 0.1) is 18.3 Å². The first-order valence-corrected chi connectivity index (χ1v) is 4.86. The van der Waals surface area contributed by atoms with Crippen molar-refractivity contribution in [3.8, 4) is 23.1 Å². The highest BCUT2D eigenvalue weighted by Gasteiger charge is 2.12. The first-order valence-electron chi connectivity index (χ1n) is 4.86. The number of hydrogen-bond acceptors (Lipinski definition) is 3. The van der Waals surface area contributed by atoms with Crippen LogP contribution in [0.5, 0.6) is 5.75 Å². The Morgan fingerprint density at radius 1 is 1.38 bits per heavy atom. The smallest absolute Gasteiger partial charge is 0.210 e. The molecule has 0 fully saturated rings. The molecular formula is C12H11N3O. The number of methoxy groups -OCH3 is 1. The first-order chi connectivity index (χ1) is 7.76. The largest absolute Gasteiger partial charge is 0.496 e. The van der Waals surface area contributed by atoms with Crippen molar-refractivity contribution >= 4 is 0 Å². The zero-order valence-electron chi connectivity index (χ0n) is 9.11. The lowest BCUT2D eigenvalue weighted by atomic mass is 10.1. The molecule has 1 heterocycles. The van der Waals surface area contributed by atoms with Crippen molar-refractivity contribution in [1.82, 2.24) is 9.97 Å². The number of imidazole rings is 1. The number of rotatable bonds is 2. The van der Waals surface area contributed by atoms with E-state index < -0.39 is 0 Å². The molecule has 2 aromatic rings. The van der Waals surface area contributed by atoms with Crippen LogP contribution in [0.1, 0.15) is 11.5 Å². The normalized spacial score (nSPS) is 9.81. The summed E-state index contributed by atoms with van der Waals surface area (Å²) < 4.78 is 5.26. The minimum Gasteiger partial charge on any atom is -0.496 e. The molecule has 0 aliphatic rings. The Morgan fingerprint density at radius 3 is 2.75 bits per heavy atom.